The number of nitrogens with two attached hydrogens (primary N) is 2. The Labute approximate surface area is 196 Å². The first-order valence-corrected chi connectivity index (χ1v) is 12.3. The van der Waals surface area contributed by atoms with Crippen molar-refractivity contribution in [3.8, 4) is 0 Å². The van der Waals surface area contributed by atoms with Gasteiger partial charge in [-0.3, -0.25) is 20.0 Å². The lowest BCUT2D eigenvalue weighted by molar-refractivity contribution is 0.269. The zero-order valence-corrected chi connectivity index (χ0v) is 21.3. The lowest BCUT2D eigenvalue weighted by atomic mass is 9.96. The van der Waals surface area contributed by atoms with Gasteiger partial charge in [-0.15, -0.1) is 0 Å². The fraction of sp³-hybridized carbons (Fsp3) is 0.840. The predicted octanol–water partition coefficient (Wildman–Crippen LogP) is 3.47. The van der Waals surface area contributed by atoms with Crippen LogP contribution in [-0.4, -0.2) is 72.3 Å². The molecule has 0 aromatic heterocycles. The maximum Gasteiger partial charge on any atom is 0.0924 e. The number of rotatable bonds is 1. The van der Waals surface area contributed by atoms with Crippen molar-refractivity contribution in [2.45, 2.75) is 98.2 Å². The summed E-state index contributed by atoms with van der Waals surface area (Å²) in [5, 5.41) is 9.76. The van der Waals surface area contributed by atoms with Crippen molar-refractivity contribution in [2.75, 3.05) is 26.2 Å². The van der Waals surface area contributed by atoms with E-state index in [0.717, 1.165) is 63.0 Å². The highest BCUT2D eigenvalue weighted by Gasteiger charge is 2.14. The van der Waals surface area contributed by atoms with Gasteiger partial charge in [-0.05, 0) is 65.2 Å². The smallest absolute Gasteiger partial charge is 0.0924 e. The molecule has 5 atom stereocenters. The second-order valence-electron chi connectivity index (χ2n) is 9.51. The number of aliphatic imine (C=N–C) groups is 4. The molecule has 1 heterocycles. The Balaban J connectivity index is 2.92. The first-order chi connectivity index (χ1) is 15.1. The molecule has 0 saturated carbocycles. The minimum absolute atomic E-state index is 0.0428. The molecule has 0 bridgehead atoms. The molecule has 0 saturated heterocycles. The van der Waals surface area contributed by atoms with Gasteiger partial charge in [0.2, 0.25) is 0 Å². The van der Waals surface area contributed by atoms with Crippen LogP contribution in [-0.2, 0) is 0 Å². The number of nitrogens with zero attached hydrogens (tertiary/aromatic N) is 4. The van der Waals surface area contributed by atoms with E-state index in [1.807, 2.05) is 13.8 Å². The summed E-state index contributed by atoms with van der Waals surface area (Å²) in [6.45, 7) is 14.5. The van der Waals surface area contributed by atoms with Crippen molar-refractivity contribution < 1.29 is 5.11 Å². The van der Waals surface area contributed by atoms with Crippen molar-refractivity contribution in [3.63, 3.8) is 0 Å². The molecule has 1 aliphatic heterocycles. The fourth-order valence-electron chi connectivity index (χ4n) is 3.78. The van der Waals surface area contributed by atoms with E-state index < -0.39 is 0 Å². The maximum absolute atomic E-state index is 9.76. The van der Waals surface area contributed by atoms with Gasteiger partial charge in [-0.25, -0.2) is 0 Å². The molecular weight excluding hydrogens is 400 g/mol. The molecule has 5 unspecified atom stereocenters. The van der Waals surface area contributed by atoms with Gasteiger partial charge in [-0.2, -0.15) is 0 Å². The second kappa shape index (κ2) is 15.4. The summed E-state index contributed by atoms with van der Waals surface area (Å²) >= 11 is 0. The van der Waals surface area contributed by atoms with Crippen molar-refractivity contribution in [2.24, 2.45) is 43.3 Å². The minimum atomic E-state index is -0.270. The van der Waals surface area contributed by atoms with Gasteiger partial charge in [0.15, 0.2) is 0 Å². The topological polar surface area (TPSA) is 122 Å². The van der Waals surface area contributed by atoms with Crippen molar-refractivity contribution in [1.29, 1.82) is 0 Å². The molecule has 7 heteroatoms. The molecular formula is C25H48N6O. The molecule has 0 amide bonds. The number of hydrogen-bond acceptors (Lipinski definition) is 7. The zero-order chi connectivity index (χ0) is 24.1. The molecule has 0 fully saturated rings. The minimum Gasteiger partial charge on any atom is -0.394 e. The second-order valence-corrected chi connectivity index (χ2v) is 9.51. The van der Waals surface area contributed by atoms with Crippen LogP contribution in [0.5, 0.6) is 0 Å². The van der Waals surface area contributed by atoms with Gasteiger partial charge in [0, 0.05) is 34.9 Å². The molecule has 0 aliphatic carbocycles. The van der Waals surface area contributed by atoms with Gasteiger partial charge in [0.25, 0.3) is 0 Å². The van der Waals surface area contributed by atoms with Crippen LogP contribution in [0.4, 0.5) is 0 Å². The summed E-state index contributed by atoms with van der Waals surface area (Å²) in [7, 11) is 0. The van der Waals surface area contributed by atoms with Crippen molar-refractivity contribution >= 4 is 22.8 Å². The van der Waals surface area contributed by atoms with Gasteiger partial charge in [0.1, 0.15) is 0 Å². The van der Waals surface area contributed by atoms with Crippen LogP contribution >= 0.6 is 0 Å². The maximum atomic E-state index is 9.76. The third-order valence-corrected chi connectivity index (χ3v) is 6.77. The predicted molar refractivity (Wildman–Crippen MR) is 140 cm³/mol. The van der Waals surface area contributed by atoms with Gasteiger partial charge < -0.3 is 16.6 Å². The monoisotopic (exact) mass is 448 g/mol. The average molecular weight is 449 g/mol. The summed E-state index contributed by atoms with van der Waals surface area (Å²) in [5.41, 5.74) is 16.9. The van der Waals surface area contributed by atoms with Crippen molar-refractivity contribution in [1.82, 2.24) is 0 Å². The Bertz CT molecular complexity index is 669. The summed E-state index contributed by atoms with van der Waals surface area (Å²) in [6.07, 6.45) is 5.95. The van der Waals surface area contributed by atoms with E-state index in [9.17, 15) is 5.11 Å². The number of aliphatic hydroxyl groups is 1. The molecule has 0 spiro atoms. The Hall–Kier alpha value is -1.44. The van der Waals surface area contributed by atoms with Crippen LogP contribution in [0.15, 0.2) is 20.0 Å². The largest absolute Gasteiger partial charge is 0.394 e. The lowest BCUT2D eigenvalue weighted by Gasteiger charge is -2.18. The number of aliphatic hydroxyl groups excluding tert-OH is 1. The van der Waals surface area contributed by atoms with Crippen LogP contribution in [0.1, 0.15) is 80.1 Å². The highest BCUT2D eigenvalue weighted by atomic mass is 16.3. The third-order valence-electron chi connectivity index (χ3n) is 6.77. The van der Waals surface area contributed by atoms with Gasteiger partial charge >= 0.3 is 0 Å². The van der Waals surface area contributed by atoms with Crippen LogP contribution in [0.3, 0.4) is 0 Å². The molecule has 0 radical (unpaired) electrons. The molecule has 1 aliphatic rings. The Kier molecular flexibility index (Phi) is 13.8. The van der Waals surface area contributed by atoms with Crippen LogP contribution < -0.4 is 11.5 Å². The summed E-state index contributed by atoms with van der Waals surface area (Å²) in [4.78, 5) is 18.8. The van der Waals surface area contributed by atoms with Crippen LogP contribution in [0.2, 0.25) is 0 Å². The Morgan fingerprint density at radius 2 is 1.19 bits per heavy atom. The van der Waals surface area contributed by atoms with Gasteiger partial charge in [-0.1, -0.05) is 26.7 Å². The SMILES string of the molecule is CC1=NCCN=C(C)C(C)CCCC(N)C(C)=NC(CO)CN=C(C)C(N)CCCC1C. The molecule has 184 valence electrons. The molecule has 0 aromatic rings. The van der Waals surface area contributed by atoms with E-state index in [-0.39, 0.29) is 24.7 Å². The van der Waals surface area contributed by atoms with E-state index in [4.69, 9.17) is 21.5 Å². The van der Waals surface area contributed by atoms with E-state index in [2.05, 4.69) is 37.7 Å². The summed E-state index contributed by atoms with van der Waals surface area (Å²) in [5.74, 6) is 0.884. The van der Waals surface area contributed by atoms with E-state index in [1.165, 1.54) is 11.4 Å². The molecule has 1 rings (SSSR count). The molecule has 32 heavy (non-hydrogen) atoms. The summed E-state index contributed by atoms with van der Waals surface area (Å²) < 4.78 is 0. The first kappa shape index (κ1) is 28.6. The first-order valence-electron chi connectivity index (χ1n) is 12.3. The van der Waals surface area contributed by atoms with Crippen molar-refractivity contribution in [3.05, 3.63) is 0 Å². The molecule has 0 aromatic carbocycles. The van der Waals surface area contributed by atoms with Gasteiger partial charge in [0.05, 0.1) is 32.3 Å². The summed E-state index contributed by atoms with van der Waals surface area (Å²) in [6, 6.07) is -0.436. The molecule has 7 nitrogen and oxygen atoms in total. The number of hydrogen-bond donors (Lipinski definition) is 3. The normalized spacial score (nSPS) is 31.3. The quantitative estimate of drug-likeness (QED) is 0.569. The zero-order valence-electron chi connectivity index (χ0n) is 21.3. The molecule has 5 N–H and O–H groups in total. The Morgan fingerprint density at radius 1 is 0.719 bits per heavy atom. The van der Waals surface area contributed by atoms with E-state index >= 15 is 0 Å². The van der Waals surface area contributed by atoms with Crippen LogP contribution in [0.25, 0.3) is 0 Å². The average Bonchev–Trinajstić information content (AvgIpc) is 2.77. The highest BCUT2D eigenvalue weighted by molar-refractivity contribution is 5.88. The van der Waals surface area contributed by atoms with Crippen LogP contribution in [0, 0.1) is 11.8 Å². The lowest BCUT2D eigenvalue weighted by Crippen LogP contribution is -2.32. The van der Waals surface area contributed by atoms with E-state index in [0.29, 0.717) is 18.4 Å². The fourth-order valence-corrected chi connectivity index (χ4v) is 3.78. The third kappa shape index (κ3) is 10.9. The Morgan fingerprint density at radius 3 is 1.66 bits per heavy atom. The standard InChI is InChI=1S/C25H48N6O/c1-17-9-7-11-24(26)21(5)30-15-23(16-32)31-22(6)25(27)12-8-10-18(2)20(4)29-14-13-28-19(17)3/h17-18,23-25,32H,7-16,26-27H2,1-6H3. The van der Waals surface area contributed by atoms with E-state index in [1.54, 1.807) is 0 Å². The highest BCUT2D eigenvalue weighted by Crippen LogP contribution is 2.14.